The first-order valence-corrected chi connectivity index (χ1v) is 23.9. The second-order valence-electron chi connectivity index (χ2n) is 18.3. The summed E-state index contributed by atoms with van der Waals surface area (Å²) in [6.45, 7) is 11.3. The lowest BCUT2D eigenvalue weighted by Crippen LogP contribution is -2.48. The summed E-state index contributed by atoms with van der Waals surface area (Å²) in [5, 5.41) is 18.5. The number of nitrogens with one attached hydrogen (secondary N) is 2. The number of aromatic nitrogens is 4. The number of pyridine rings is 1. The maximum absolute atomic E-state index is 14.2. The van der Waals surface area contributed by atoms with Crippen LogP contribution in [-0.2, 0) is 14.8 Å². The number of H-pyrrole nitrogens is 1. The summed E-state index contributed by atoms with van der Waals surface area (Å²) in [5.41, 5.74) is 6.93. The number of sulfonamides is 1. The Labute approximate surface area is 381 Å². The van der Waals surface area contributed by atoms with Crippen LogP contribution in [0.15, 0.2) is 95.7 Å². The van der Waals surface area contributed by atoms with Crippen LogP contribution in [0.25, 0.3) is 33.3 Å². The van der Waals surface area contributed by atoms with E-state index >= 15 is 0 Å². The fourth-order valence-electron chi connectivity index (χ4n) is 9.54. The normalized spacial score (nSPS) is 19.8. The number of hydrogen-bond donors (Lipinski definition) is 2. The van der Waals surface area contributed by atoms with E-state index in [9.17, 15) is 23.3 Å². The van der Waals surface area contributed by atoms with Crippen molar-refractivity contribution in [3.05, 3.63) is 117 Å². The molecular formula is C47H50ClN9O7S. The smallest absolute Gasteiger partial charge is 0.312 e. The summed E-state index contributed by atoms with van der Waals surface area (Å²) in [4.78, 5) is 40.2. The van der Waals surface area contributed by atoms with Crippen LogP contribution in [0, 0.1) is 15.5 Å². The maximum Gasteiger partial charge on any atom is 0.312 e. The third-order valence-corrected chi connectivity index (χ3v) is 14.9. The molecule has 6 heterocycles. The highest BCUT2D eigenvalue weighted by molar-refractivity contribution is 7.90. The molecule has 1 atom stereocenters. The van der Waals surface area contributed by atoms with Crippen molar-refractivity contribution < 1.29 is 27.6 Å². The van der Waals surface area contributed by atoms with E-state index in [-0.39, 0.29) is 22.8 Å². The second-order valence-corrected chi connectivity index (χ2v) is 20.4. The molecule has 1 amide bonds. The Hall–Kier alpha value is -5.85. The number of nitrogens with zero attached hydrogens (tertiary/aromatic N) is 7. The number of aromatic amines is 1. The fourth-order valence-corrected chi connectivity index (χ4v) is 10.6. The molecule has 3 fully saturated rings. The number of amides is 1. The van der Waals surface area contributed by atoms with Crippen LogP contribution in [0.3, 0.4) is 0 Å². The number of benzene rings is 3. The molecule has 3 aromatic carbocycles. The Balaban J connectivity index is 0.904. The molecule has 65 heavy (non-hydrogen) atoms. The van der Waals surface area contributed by atoms with Crippen molar-refractivity contribution in [3.63, 3.8) is 0 Å². The average molecular weight is 920 g/mol. The van der Waals surface area contributed by atoms with Crippen molar-refractivity contribution in [2.75, 3.05) is 63.9 Å². The van der Waals surface area contributed by atoms with E-state index < -0.39 is 31.4 Å². The van der Waals surface area contributed by atoms with Gasteiger partial charge in [-0.2, -0.15) is 5.10 Å². The summed E-state index contributed by atoms with van der Waals surface area (Å²) >= 11 is 6.26. The number of halogens is 1. The second kappa shape index (κ2) is 17.2. The van der Waals surface area contributed by atoms with Gasteiger partial charge in [0.2, 0.25) is 0 Å². The Morgan fingerprint density at radius 3 is 2.58 bits per heavy atom. The first kappa shape index (κ1) is 43.1. The van der Waals surface area contributed by atoms with Gasteiger partial charge in [0.25, 0.3) is 15.9 Å². The van der Waals surface area contributed by atoms with Crippen LogP contribution in [0.5, 0.6) is 5.75 Å². The van der Waals surface area contributed by atoms with E-state index in [1.807, 2.05) is 36.4 Å². The summed E-state index contributed by atoms with van der Waals surface area (Å²) in [7, 11) is -4.61. The van der Waals surface area contributed by atoms with Gasteiger partial charge in [-0.1, -0.05) is 43.2 Å². The highest BCUT2D eigenvalue weighted by Crippen LogP contribution is 2.43. The number of piperazine rings is 1. The van der Waals surface area contributed by atoms with E-state index in [1.165, 1.54) is 28.8 Å². The number of allylic oxidation sites excluding steroid dienone is 1. The van der Waals surface area contributed by atoms with Crippen LogP contribution in [-0.4, -0.2) is 120 Å². The van der Waals surface area contributed by atoms with Gasteiger partial charge >= 0.3 is 5.69 Å². The van der Waals surface area contributed by atoms with Crippen molar-refractivity contribution in [1.29, 1.82) is 0 Å². The van der Waals surface area contributed by atoms with Crippen molar-refractivity contribution >= 4 is 66.5 Å². The lowest BCUT2D eigenvalue weighted by atomic mass is 9.72. The third-order valence-electron chi connectivity index (χ3n) is 13.3. The quantitative estimate of drug-likeness (QED) is 0.0931. The minimum absolute atomic E-state index is 0.0362. The molecule has 0 saturated carbocycles. The lowest BCUT2D eigenvalue weighted by Gasteiger charge is -2.39. The van der Waals surface area contributed by atoms with Gasteiger partial charge in [0.05, 0.1) is 52.0 Å². The van der Waals surface area contributed by atoms with Crippen molar-refractivity contribution in [3.8, 4) is 11.4 Å². The van der Waals surface area contributed by atoms with Gasteiger partial charge in [0.1, 0.15) is 17.3 Å². The van der Waals surface area contributed by atoms with Crippen LogP contribution in [0.1, 0.15) is 55.5 Å². The SMILES string of the molecule is CC1(C)CCC(CN2CCN(c3ccc(C(=O)NS(=O)(=O)c4ccc(OC5CCN(C6COC6)C5)c([N+](=O)[O-])c4)c(-n4ncc5nc6[nH]ccc6cc54)c3)CC2)=C(c2ccc(Cl)cc2)C1. The lowest BCUT2D eigenvalue weighted by molar-refractivity contribution is -0.386. The molecule has 16 nitrogen and oxygen atoms in total. The van der Waals surface area contributed by atoms with E-state index in [2.05, 4.69) is 55.5 Å². The van der Waals surface area contributed by atoms with Crippen LogP contribution in [0.2, 0.25) is 5.02 Å². The number of carbonyl (C=O) groups is 1. The van der Waals surface area contributed by atoms with Gasteiger partial charge in [0.15, 0.2) is 5.75 Å². The molecule has 338 valence electrons. The first-order valence-electron chi connectivity index (χ1n) is 22.0. The molecule has 3 aromatic heterocycles. The zero-order chi connectivity index (χ0) is 45.0. The van der Waals surface area contributed by atoms with E-state index in [0.717, 1.165) is 80.7 Å². The Kier molecular flexibility index (Phi) is 11.4. The molecule has 3 saturated heterocycles. The molecule has 2 N–H and O–H groups in total. The minimum atomic E-state index is -4.61. The number of rotatable bonds is 12. The largest absolute Gasteiger partial charge is 0.482 e. The minimum Gasteiger partial charge on any atom is -0.482 e. The fraction of sp³-hybridized carbons (Fsp3) is 0.383. The zero-order valence-corrected chi connectivity index (χ0v) is 37.8. The molecule has 3 aliphatic heterocycles. The van der Waals surface area contributed by atoms with Crippen molar-refractivity contribution in [2.45, 2.75) is 56.6 Å². The molecule has 10 rings (SSSR count). The Morgan fingerprint density at radius 2 is 1.83 bits per heavy atom. The maximum atomic E-state index is 14.2. The highest BCUT2D eigenvalue weighted by atomic mass is 35.5. The van der Waals surface area contributed by atoms with E-state index in [0.29, 0.717) is 54.6 Å². The standard InChI is InChI=1S/C47H50ClN9O7S/c1-47(2)14-11-32(39(24-47)30-3-5-33(48)6-4-30)26-53-17-19-54(20-18-53)34-7-9-38(41(22-34)56-42-21-31-12-15-49-45(31)51-40(42)25-50-56)46(58)52-65(61,62)37-8-10-44(43(23-37)57(59)60)64-36-13-16-55(27-36)35-28-63-29-35/h3-10,12,15,21-23,25,35-36H,11,13-14,16-20,24,26-29H2,1-2H3,(H,49,51)(H,52,58). The zero-order valence-electron chi connectivity index (χ0n) is 36.2. The number of carbonyl (C=O) groups excluding carboxylic acids is 1. The summed E-state index contributed by atoms with van der Waals surface area (Å²) < 4.78 is 42.9. The number of likely N-dealkylation sites (tertiary alicyclic amines) is 1. The summed E-state index contributed by atoms with van der Waals surface area (Å²) in [6, 6.07) is 21.0. The van der Waals surface area contributed by atoms with Gasteiger partial charge in [-0.05, 0) is 96.8 Å². The van der Waals surface area contributed by atoms with E-state index in [1.54, 1.807) is 23.1 Å². The predicted octanol–water partition coefficient (Wildman–Crippen LogP) is 7.22. The molecule has 4 aliphatic rings. The average Bonchev–Trinajstić information content (AvgIpc) is 4.03. The number of ether oxygens (including phenoxy) is 2. The first-order chi connectivity index (χ1) is 31.3. The number of nitro groups is 1. The summed E-state index contributed by atoms with van der Waals surface area (Å²) in [6.07, 6.45) is 6.95. The van der Waals surface area contributed by atoms with Crippen LogP contribution < -0.4 is 14.4 Å². The monoisotopic (exact) mass is 919 g/mol. The Bertz CT molecular complexity index is 2960. The van der Waals surface area contributed by atoms with Gasteiger partial charge in [-0.15, -0.1) is 0 Å². The molecule has 6 aromatic rings. The number of nitro benzene ring substituents is 1. The molecule has 1 aliphatic carbocycles. The number of fused-ring (bicyclic) bond motifs is 2. The van der Waals surface area contributed by atoms with Gasteiger partial charge in [-0.25, -0.2) is 22.8 Å². The summed E-state index contributed by atoms with van der Waals surface area (Å²) in [5.74, 6) is -0.964. The van der Waals surface area contributed by atoms with Gasteiger partial charge < -0.3 is 19.4 Å². The van der Waals surface area contributed by atoms with Crippen LogP contribution in [0.4, 0.5) is 11.4 Å². The van der Waals surface area contributed by atoms with Crippen molar-refractivity contribution in [2.24, 2.45) is 5.41 Å². The molecule has 18 heteroatoms. The molecule has 0 spiro atoms. The molecular weight excluding hydrogens is 870 g/mol. The van der Waals surface area contributed by atoms with Gasteiger partial charge in [0, 0.05) is 74.2 Å². The van der Waals surface area contributed by atoms with Crippen LogP contribution >= 0.6 is 11.6 Å². The molecule has 0 radical (unpaired) electrons. The highest BCUT2D eigenvalue weighted by Gasteiger charge is 2.35. The molecule has 0 bridgehead atoms. The topological polar surface area (TPSA) is 181 Å². The predicted molar refractivity (Wildman–Crippen MR) is 248 cm³/mol. The van der Waals surface area contributed by atoms with Gasteiger partial charge in [-0.3, -0.25) is 24.7 Å². The number of anilines is 1. The Morgan fingerprint density at radius 1 is 1.03 bits per heavy atom. The molecule has 1 unspecified atom stereocenters. The van der Waals surface area contributed by atoms with E-state index in [4.69, 9.17) is 26.1 Å². The van der Waals surface area contributed by atoms with Crippen molar-refractivity contribution in [1.82, 2.24) is 34.3 Å². The third kappa shape index (κ3) is 8.82. The number of hydrogen-bond acceptors (Lipinski definition) is 12.